The predicted molar refractivity (Wildman–Crippen MR) is 74.0 cm³/mol. The second kappa shape index (κ2) is 13.2. The summed E-state index contributed by atoms with van der Waals surface area (Å²) in [7, 11) is -3.17. The van der Waals surface area contributed by atoms with Crippen molar-refractivity contribution in [2.75, 3.05) is 32.1 Å². The Balaban J connectivity index is 0. The van der Waals surface area contributed by atoms with E-state index >= 15 is 0 Å². The molecule has 0 fully saturated rings. The summed E-state index contributed by atoms with van der Waals surface area (Å²) in [6.45, 7) is 6.51. The van der Waals surface area contributed by atoms with Crippen LogP contribution >= 0.6 is 0 Å². The highest BCUT2D eigenvalue weighted by Crippen LogP contribution is 1.90. The number of aliphatic hydroxyl groups excluding tert-OH is 2. The summed E-state index contributed by atoms with van der Waals surface area (Å²) >= 11 is 0. The summed E-state index contributed by atoms with van der Waals surface area (Å²) in [6.07, 6.45) is 1.23. The van der Waals surface area contributed by atoms with E-state index in [4.69, 9.17) is 10.2 Å². The zero-order valence-corrected chi connectivity index (χ0v) is 12.5. The van der Waals surface area contributed by atoms with Gasteiger partial charge in [-0.05, 0) is 19.4 Å². The molecule has 0 heterocycles. The SMILES string of the molecule is CC.CCCNS(=O)(=O)CCCNC(CO)CO. The number of rotatable bonds is 10. The maximum Gasteiger partial charge on any atom is 0.211 e. The van der Waals surface area contributed by atoms with Crippen molar-refractivity contribution in [3.05, 3.63) is 0 Å². The molecule has 0 atom stereocenters. The third-order valence-electron chi connectivity index (χ3n) is 2.04. The number of aliphatic hydroxyl groups is 2. The second-order valence-corrected chi connectivity index (χ2v) is 5.51. The average Bonchev–Trinajstić information content (AvgIpc) is 2.39. The molecule has 18 heavy (non-hydrogen) atoms. The first-order chi connectivity index (χ1) is 8.55. The largest absolute Gasteiger partial charge is 0.395 e. The highest BCUT2D eigenvalue weighted by atomic mass is 32.2. The zero-order chi connectivity index (χ0) is 14.4. The fourth-order valence-corrected chi connectivity index (χ4v) is 2.27. The molecule has 7 heteroatoms. The molecule has 0 aromatic carbocycles. The lowest BCUT2D eigenvalue weighted by molar-refractivity contribution is 0.171. The molecule has 6 nitrogen and oxygen atoms in total. The first-order valence-corrected chi connectivity index (χ1v) is 8.13. The summed E-state index contributed by atoms with van der Waals surface area (Å²) in [5, 5.41) is 20.4. The second-order valence-electron chi connectivity index (χ2n) is 3.58. The maximum absolute atomic E-state index is 11.3. The Morgan fingerprint density at radius 1 is 1.11 bits per heavy atom. The molecule has 0 amide bonds. The van der Waals surface area contributed by atoms with Crippen LogP contribution in [0.1, 0.15) is 33.6 Å². The topological polar surface area (TPSA) is 98.7 Å². The van der Waals surface area contributed by atoms with E-state index in [9.17, 15) is 8.42 Å². The summed E-state index contributed by atoms with van der Waals surface area (Å²) < 4.78 is 25.1. The van der Waals surface area contributed by atoms with E-state index in [1.807, 2.05) is 20.8 Å². The minimum atomic E-state index is -3.17. The molecule has 4 N–H and O–H groups in total. The van der Waals surface area contributed by atoms with Gasteiger partial charge < -0.3 is 15.5 Å². The minimum absolute atomic E-state index is 0.0591. The molecule has 112 valence electrons. The molecule has 0 aliphatic carbocycles. The van der Waals surface area contributed by atoms with Crippen molar-refractivity contribution in [3.63, 3.8) is 0 Å². The van der Waals surface area contributed by atoms with Crippen LogP contribution in [0.15, 0.2) is 0 Å². The number of nitrogens with one attached hydrogen (secondary N) is 2. The van der Waals surface area contributed by atoms with Crippen LogP contribution in [-0.4, -0.2) is 56.7 Å². The Morgan fingerprint density at radius 2 is 1.67 bits per heavy atom. The number of hydrogen-bond acceptors (Lipinski definition) is 5. The van der Waals surface area contributed by atoms with E-state index in [-0.39, 0.29) is 25.0 Å². The van der Waals surface area contributed by atoms with Gasteiger partial charge in [-0.3, -0.25) is 0 Å². The smallest absolute Gasteiger partial charge is 0.211 e. The van der Waals surface area contributed by atoms with Gasteiger partial charge in [0.05, 0.1) is 25.0 Å². The van der Waals surface area contributed by atoms with E-state index < -0.39 is 10.0 Å². The van der Waals surface area contributed by atoms with E-state index in [0.717, 1.165) is 6.42 Å². The summed E-state index contributed by atoms with van der Waals surface area (Å²) in [6, 6.07) is -0.369. The molecule has 0 aromatic heterocycles. The van der Waals surface area contributed by atoms with E-state index in [1.54, 1.807) is 0 Å². The van der Waals surface area contributed by atoms with Crippen molar-refractivity contribution in [1.29, 1.82) is 0 Å². The van der Waals surface area contributed by atoms with Gasteiger partial charge in [0, 0.05) is 6.54 Å². The molecule has 0 unspecified atom stereocenters. The Morgan fingerprint density at radius 3 is 2.11 bits per heavy atom. The molecule has 0 aliphatic heterocycles. The number of hydrogen-bond donors (Lipinski definition) is 4. The Hall–Kier alpha value is -0.210. The summed E-state index contributed by atoms with van der Waals surface area (Å²) in [5.41, 5.74) is 0. The zero-order valence-electron chi connectivity index (χ0n) is 11.6. The first kappa shape index (κ1) is 20.1. The summed E-state index contributed by atoms with van der Waals surface area (Å²) in [5.74, 6) is 0.0591. The van der Waals surface area contributed by atoms with Crippen molar-refractivity contribution in [3.8, 4) is 0 Å². The molecule has 0 aliphatic rings. The molecular weight excluding hydrogens is 256 g/mol. The highest BCUT2D eigenvalue weighted by molar-refractivity contribution is 7.89. The van der Waals surface area contributed by atoms with E-state index in [1.165, 1.54) is 0 Å². The van der Waals surface area contributed by atoms with Crippen molar-refractivity contribution in [2.24, 2.45) is 0 Å². The summed E-state index contributed by atoms with van der Waals surface area (Å²) in [4.78, 5) is 0. The van der Waals surface area contributed by atoms with Crippen LogP contribution in [-0.2, 0) is 10.0 Å². The number of sulfonamides is 1. The Kier molecular flexibility index (Phi) is 14.8. The Labute approximate surface area is 111 Å². The molecule has 0 spiro atoms. The lowest BCUT2D eigenvalue weighted by Gasteiger charge is -2.12. The van der Waals surface area contributed by atoms with Gasteiger partial charge in [-0.1, -0.05) is 20.8 Å². The fourth-order valence-electron chi connectivity index (χ4n) is 1.08. The molecule has 0 saturated heterocycles. The van der Waals surface area contributed by atoms with Crippen LogP contribution in [0.3, 0.4) is 0 Å². The lowest BCUT2D eigenvalue weighted by atomic mass is 10.3. The third-order valence-corrected chi connectivity index (χ3v) is 3.51. The van der Waals surface area contributed by atoms with Crippen molar-refractivity contribution in [2.45, 2.75) is 39.7 Å². The van der Waals surface area contributed by atoms with Gasteiger partial charge in [-0.15, -0.1) is 0 Å². The van der Waals surface area contributed by atoms with Gasteiger partial charge in [0.25, 0.3) is 0 Å². The maximum atomic E-state index is 11.3. The van der Waals surface area contributed by atoms with Crippen LogP contribution < -0.4 is 10.0 Å². The van der Waals surface area contributed by atoms with Crippen molar-refractivity contribution in [1.82, 2.24) is 10.0 Å². The average molecular weight is 284 g/mol. The predicted octanol–water partition coefficient (Wildman–Crippen LogP) is -0.325. The Bertz CT molecular complexity index is 254. The van der Waals surface area contributed by atoms with Crippen molar-refractivity contribution >= 4 is 10.0 Å². The van der Waals surface area contributed by atoms with Crippen LogP contribution in [0.25, 0.3) is 0 Å². The van der Waals surface area contributed by atoms with Crippen LogP contribution in [0.2, 0.25) is 0 Å². The first-order valence-electron chi connectivity index (χ1n) is 6.48. The van der Waals surface area contributed by atoms with E-state index in [2.05, 4.69) is 10.0 Å². The van der Waals surface area contributed by atoms with Gasteiger partial charge in [0.15, 0.2) is 0 Å². The van der Waals surface area contributed by atoms with Gasteiger partial charge in [-0.25, -0.2) is 13.1 Å². The van der Waals surface area contributed by atoms with Crippen molar-refractivity contribution < 1.29 is 18.6 Å². The van der Waals surface area contributed by atoms with Gasteiger partial charge in [-0.2, -0.15) is 0 Å². The fraction of sp³-hybridized carbons (Fsp3) is 1.00. The molecule has 0 saturated carbocycles. The molecule has 0 aromatic rings. The molecule has 0 bridgehead atoms. The van der Waals surface area contributed by atoms with Crippen LogP contribution in [0.4, 0.5) is 0 Å². The van der Waals surface area contributed by atoms with Crippen LogP contribution in [0.5, 0.6) is 0 Å². The van der Waals surface area contributed by atoms with E-state index in [0.29, 0.717) is 19.5 Å². The quantitative estimate of drug-likeness (QED) is 0.412. The van der Waals surface area contributed by atoms with Crippen LogP contribution in [0, 0.1) is 0 Å². The monoisotopic (exact) mass is 284 g/mol. The molecule has 0 radical (unpaired) electrons. The van der Waals surface area contributed by atoms with Gasteiger partial charge in [0.2, 0.25) is 10.0 Å². The van der Waals surface area contributed by atoms with Gasteiger partial charge >= 0.3 is 0 Å². The highest BCUT2D eigenvalue weighted by Gasteiger charge is 2.09. The third kappa shape index (κ3) is 12.3. The molecular formula is C11H28N2O4S. The minimum Gasteiger partial charge on any atom is -0.395 e. The standard InChI is InChI=1S/C9H22N2O4S.C2H6/c1-2-4-11-16(14,15)6-3-5-10-9(7-12)8-13;1-2/h9-13H,2-8H2,1H3;1-2H3. The lowest BCUT2D eigenvalue weighted by Crippen LogP contribution is -2.37. The molecule has 0 rings (SSSR count). The van der Waals surface area contributed by atoms with Gasteiger partial charge in [0.1, 0.15) is 0 Å². The normalized spacial score (nSPS) is 11.2.